The van der Waals surface area contributed by atoms with Gasteiger partial charge in [0.15, 0.2) is 0 Å². The first-order valence-electron chi connectivity index (χ1n) is 13.7. The van der Waals surface area contributed by atoms with Crippen molar-refractivity contribution in [2.24, 2.45) is 11.8 Å². The van der Waals surface area contributed by atoms with Crippen molar-refractivity contribution >= 4 is 11.9 Å². The lowest BCUT2D eigenvalue weighted by molar-refractivity contribution is -0.159. The van der Waals surface area contributed by atoms with Crippen molar-refractivity contribution in [3.05, 3.63) is 0 Å². The number of hydrogen-bond acceptors (Lipinski definition) is 3. The third kappa shape index (κ3) is 22.1. The van der Waals surface area contributed by atoms with E-state index in [9.17, 15) is 9.59 Å². The summed E-state index contributed by atoms with van der Waals surface area (Å²) in [6.45, 7) is 9.21. The van der Waals surface area contributed by atoms with Gasteiger partial charge in [-0.05, 0) is 24.7 Å². The lowest BCUT2D eigenvalue weighted by Crippen LogP contribution is -2.11. The fraction of sp³-hybridized carbons (Fsp3) is 0.929. The van der Waals surface area contributed by atoms with Gasteiger partial charge in [0.2, 0.25) is 0 Å². The van der Waals surface area contributed by atoms with Crippen LogP contribution in [0.5, 0.6) is 0 Å². The second-order valence-electron chi connectivity index (χ2n) is 9.95. The van der Waals surface area contributed by atoms with E-state index in [1.54, 1.807) is 0 Å². The maximum absolute atomic E-state index is 11.8. The highest BCUT2D eigenvalue weighted by Crippen LogP contribution is 2.18. The summed E-state index contributed by atoms with van der Waals surface area (Å²) in [5.74, 6) is 0.976. The molecular formula is C28H54O3. The molecule has 0 spiro atoms. The maximum Gasteiger partial charge on any atom is 0.313 e. The molecule has 31 heavy (non-hydrogen) atoms. The number of rotatable bonds is 22. The largest absolute Gasteiger partial charge is 0.393 e. The zero-order chi connectivity index (χ0) is 23.2. The molecule has 0 aliphatic heterocycles. The van der Waals surface area contributed by atoms with Gasteiger partial charge in [0.1, 0.15) is 0 Å². The van der Waals surface area contributed by atoms with Crippen LogP contribution in [0.25, 0.3) is 0 Å². The molecule has 0 N–H and O–H groups in total. The second-order valence-corrected chi connectivity index (χ2v) is 9.95. The normalized spacial score (nSPS) is 13.2. The third-order valence-electron chi connectivity index (χ3n) is 6.48. The summed E-state index contributed by atoms with van der Waals surface area (Å²) >= 11 is 0. The molecule has 0 heterocycles. The molecular weight excluding hydrogens is 384 g/mol. The molecule has 0 aromatic rings. The number of esters is 2. The Kier molecular flexibility index (Phi) is 21.7. The van der Waals surface area contributed by atoms with Crippen molar-refractivity contribution < 1.29 is 14.3 Å². The Hall–Kier alpha value is -0.860. The standard InChI is InChI=1S/C28H54O3/c1-5-7-13-19-25(3)21-15-9-11-17-23-27(29)31-28(30)24-18-12-10-16-22-26(4)20-14-8-6-2/h25-26H,5-24H2,1-4H3. The summed E-state index contributed by atoms with van der Waals surface area (Å²) in [5.41, 5.74) is 0. The molecule has 0 saturated heterocycles. The Labute approximate surface area is 194 Å². The molecule has 0 aromatic carbocycles. The van der Waals surface area contributed by atoms with Gasteiger partial charge >= 0.3 is 11.9 Å². The topological polar surface area (TPSA) is 43.4 Å². The number of ether oxygens (including phenoxy) is 1. The van der Waals surface area contributed by atoms with Crippen molar-refractivity contribution in [2.45, 2.75) is 156 Å². The lowest BCUT2D eigenvalue weighted by Gasteiger charge is -2.10. The van der Waals surface area contributed by atoms with E-state index < -0.39 is 0 Å². The first-order valence-corrected chi connectivity index (χ1v) is 13.7. The molecule has 0 aliphatic carbocycles. The fourth-order valence-corrected chi connectivity index (χ4v) is 4.23. The van der Waals surface area contributed by atoms with Gasteiger partial charge in [-0.15, -0.1) is 0 Å². The van der Waals surface area contributed by atoms with Crippen molar-refractivity contribution in [1.29, 1.82) is 0 Å². The maximum atomic E-state index is 11.8. The van der Waals surface area contributed by atoms with Crippen LogP contribution in [0.4, 0.5) is 0 Å². The average Bonchev–Trinajstić information content (AvgIpc) is 2.73. The molecule has 0 saturated carbocycles. The van der Waals surface area contributed by atoms with Gasteiger partial charge in [-0.2, -0.15) is 0 Å². The first kappa shape index (κ1) is 30.1. The smallest absolute Gasteiger partial charge is 0.313 e. The quantitative estimate of drug-likeness (QED) is 0.0961. The molecule has 0 amide bonds. The molecule has 184 valence electrons. The summed E-state index contributed by atoms with van der Waals surface area (Å²) in [5, 5.41) is 0. The van der Waals surface area contributed by atoms with E-state index in [1.165, 1.54) is 89.9 Å². The molecule has 0 aliphatic rings. The molecule has 3 nitrogen and oxygen atoms in total. The minimum Gasteiger partial charge on any atom is -0.393 e. The van der Waals surface area contributed by atoms with E-state index in [4.69, 9.17) is 4.74 Å². The Bertz CT molecular complexity index is 380. The predicted octanol–water partition coefficient (Wildman–Crippen LogP) is 9.17. The molecule has 2 unspecified atom stereocenters. The fourth-order valence-electron chi connectivity index (χ4n) is 4.23. The molecule has 0 radical (unpaired) electrons. The van der Waals surface area contributed by atoms with E-state index in [0.717, 1.165) is 37.5 Å². The number of unbranched alkanes of at least 4 members (excludes halogenated alkanes) is 10. The van der Waals surface area contributed by atoms with Gasteiger partial charge in [-0.3, -0.25) is 9.59 Å². The van der Waals surface area contributed by atoms with Crippen LogP contribution in [0.3, 0.4) is 0 Å². The zero-order valence-corrected chi connectivity index (χ0v) is 21.5. The van der Waals surface area contributed by atoms with Gasteiger partial charge in [0.05, 0.1) is 0 Å². The molecule has 2 atom stereocenters. The minimum atomic E-state index is -0.334. The lowest BCUT2D eigenvalue weighted by atomic mass is 9.96. The van der Waals surface area contributed by atoms with Crippen LogP contribution in [0.15, 0.2) is 0 Å². The van der Waals surface area contributed by atoms with Crippen LogP contribution in [0, 0.1) is 11.8 Å². The van der Waals surface area contributed by atoms with Gasteiger partial charge in [0, 0.05) is 12.8 Å². The van der Waals surface area contributed by atoms with E-state index in [1.807, 2.05) is 0 Å². The number of carbonyl (C=O) groups is 2. The molecule has 0 rings (SSSR count). The Morgan fingerprint density at radius 3 is 1.19 bits per heavy atom. The van der Waals surface area contributed by atoms with E-state index in [-0.39, 0.29) is 11.9 Å². The van der Waals surface area contributed by atoms with E-state index in [0.29, 0.717) is 12.8 Å². The highest BCUT2D eigenvalue weighted by molar-refractivity contribution is 5.85. The first-order chi connectivity index (χ1) is 15.0. The monoisotopic (exact) mass is 438 g/mol. The minimum absolute atomic E-state index is 0.334. The third-order valence-corrected chi connectivity index (χ3v) is 6.48. The number of hydrogen-bond donors (Lipinski definition) is 0. The van der Waals surface area contributed by atoms with Crippen LogP contribution in [0.2, 0.25) is 0 Å². The van der Waals surface area contributed by atoms with Crippen molar-refractivity contribution in [2.75, 3.05) is 0 Å². The highest BCUT2D eigenvalue weighted by atomic mass is 16.6. The Morgan fingerprint density at radius 2 is 0.839 bits per heavy atom. The molecule has 0 fully saturated rings. The van der Waals surface area contributed by atoms with Crippen LogP contribution < -0.4 is 0 Å². The molecule has 0 aromatic heterocycles. The molecule has 3 heteroatoms. The van der Waals surface area contributed by atoms with Crippen LogP contribution in [-0.4, -0.2) is 11.9 Å². The summed E-state index contributed by atoms with van der Waals surface area (Å²) in [6.07, 6.45) is 22.7. The van der Waals surface area contributed by atoms with Crippen LogP contribution >= 0.6 is 0 Å². The second kappa shape index (κ2) is 22.3. The summed E-state index contributed by atoms with van der Waals surface area (Å²) < 4.78 is 4.97. The Morgan fingerprint density at radius 1 is 0.516 bits per heavy atom. The summed E-state index contributed by atoms with van der Waals surface area (Å²) in [7, 11) is 0. The van der Waals surface area contributed by atoms with Crippen LogP contribution in [0.1, 0.15) is 156 Å². The highest BCUT2D eigenvalue weighted by Gasteiger charge is 2.10. The van der Waals surface area contributed by atoms with Gasteiger partial charge in [-0.25, -0.2) is 0 Å². The van der Waals surface area contributed by atoms with Gasteiger partial charge < -0.3 is 4.74 Å². The van der Waals surface area contributed by atoms with Crippen molar-refractivity contribution in [1.82, 2.24) is 0 Å². The SMILES string of the molecule is CCCCCC(C)CCCCCCC(=O)OC(=O)CCCCCCC(C)CCCCC. The zero-order valence-electron chi connectivity index (χ0n) is 21.5. The average molecular weight is 439 g/mol. The summed E-state index contributed by atoms with van der Waals surface area (Å²) in [6, 6.07) is 0. The molecule has 0 bridgehead atoms. The Balaban J connectivity index is 3.48. The van der Waals surface area contributed by atoms with Gasteiger partial charge in [0.25, 0.3) is 0 Å². The summed E-state index contributed by atoms with van der Waals surface area (Å²) in [4.78, 5) is 23.6. The number of carbonyl (C=O) groups excluding carboxylic acids is 2. The predicted molar refractivity (Wildman–Crippen MR) is 133 cm³/mol. The van der Waals surface area contributed by atoms with Crippen LogP contribution in [-0.2, 0) is 14.3 Å². The van der Waals surface area contributed by atoms with E-state index in [2.05, 4.69) is 27.7 Å². The van der Waals surface area contributed by atoms with Crippen molar-refractivity contribution in [3.63, 3.8) is 0 Å². The van der Waals surface area contributed by atoms with Crippen molar-refractivity contribution in [3.8, 4) is 0 Å². The van der Waals surface area contributed by atoms with Gasteiger partial charge in [-0.1, -0.05) is 130 Å². The van der Waals surface area contributed by atoms with E-state index >= 15 is 0 Å².